The van der Waals surface area contributed by atoms with Crippen LogP contribution in [0.4, 0.5) is 0 Å². The molecule has 0 radical (unpaired) electrons. The molecule has 1 aliphatic rings. The predicted octanol–water partition coefficient (Wildman–Crippen LogP) is 1.86. The van der Waals surface area contributed by atoms with E-state index in [0.29, 0.717) is 0 Å². The van der Waals surface area contributed by atoms with Crippen molar-refractivity contribution in [1.29, 1.82) is 0 Å². The summed E-state index contributed by atoms with van der Waals surface area (Å²) < 4.78 is 27.2. The van der Waals surface area contributed by atoms with Crippen molar-refractivity contribution < 1.29 is 42.9 Å². The normalized spacial score (nSPS) is 25.7. The number of thioether (sulfide) groups is 1. The Balaban J connectivity index is 2.42. The van der Waals surface area contributed by atoms with E-state index in [0.717, 1.165) is 4.90 Å². The fraction of sp³-hybridized carbons (Fsp3) is 0.500. The van der Waals surface area contributed by atoms with E-state index >= 15 is 0 Å². The topological polar surface area (TPSA) is 114 Å². The van der Waals surface area contributed by atoms with Gasteiger partial charge in [-0.25, -0.2) is 0 Å². The number of carbonyl (C=O) groups excluding carboxylic acids is 4. The summed E-state index contributed by atoms with van der Waals surface area (Å²) in [6.45, 7) is 4.56. The van der Waals surface area contributed by atoms with Crippen molar-refractivity contribution in [3.63, 3.8) is 0 Å². The average molecular weight is 440 g/mol. The molecule has 1 aromatic carbocycles. The molecule has 0 saturated carbocycles. The molecule has 2 rings (SSSR count). The van der Waals surface area contributed by atoms with Crippen LogP contribution in [0.5, 0.6) is 0 Å². The number of rotatable bonds is 7. The van der Waals surface area contributed by atoms with Gasteiger partial charge in [-0.15, -0.1) is 0 Å². The lowest BCUT2D eigenvalue weighted by atomic mass is 9.99. The predicted molar refractivity (Wildman–Crippen MR) is 104 cm³/mol. The Morgan fingerprint density at radius 2 is 1.33 bits per heavy atom. The Hall–Kier alpha value is -2.59. The molecule has 0 aromatic heterocycles. The molecule has 1 aromatic rings. The summed E-state index contributed by atoms with van der Waals surface area (Å²) >= 11 is 1.23. The van der Waals surface area contributed by atoms with Gasteiger partial charge in [-0.1, -0.05) is 30.0 Å². The molecule has 0 spiro atoms. The van der Waals surface area contributed by atoms with Crippen LogP contribution in [0.15, 0.2) is 35.2 Å². The zero-order chi connectivity index (χ0) is 22.3. The molecule has 9 nitrogen and oxygen atoms in total. The molecule has 0 aliphatic carbocycles. The molecule has 164 valence electrons. The number of esters is 4. The maximum Gasteiger partial charge on any atom is 0.303 e. The van der Waals surface area contributed by atoms with Crippen molar-refractivity contribution in [2.45, 2.75) is 62.4 Å². The summed E-state index contributed by atoms with van der Waals surface area (Å²) in [7, 11) is 0. The van der Waals surface area contributed by atoms with Crippen molar-refractivity contribution in [1.82, 2.24) is 0 Å². The first kappa shape index (κ1) is 23.7. The lowest BCUT2D eigenvalue weighted by molar-refractivity contribution is -0.237. The third kappa shape index (κ3) is 7.03. The van der Waals surface area contributed by atoms with Crippen LogP contribution in [0.25, 0.3) is 0 Å². The van der Waals surface area contributed by atoms with Crippen molar-refractivity contribution in [3.8, 4) is 0 Å². The molecule has 30 heavy (non-hydrogen) atoms. The number of hydrogen-bond acceptors (Lipinski definition) is 10. The van der Waals surface area contributed by atoms with E-state index in [1.165, 1.54) is 39.5 Å². The minimum Gasteiger partial charge on any atom is -0.463 e. The monoisotopic (exact) mass is 440 g/mol. The third-order valence-electron chi connectivity index (χ3n) is 3.94. The van der Waals surface area contributed by atoms with Crippen molar-refractivity contribution in [3.05, 3.63) is 30.3 Å². The van der Waals surface area contributed by atoms with Gasteiger partial charge in [-0.05, 0) is 12.1 Å². The van der Waals surface area contributed by atoms with Crippen molar-refractivity contribution in [2.24, 2.45) is 0 Å². The fourth-order valence-electron chi connectivity index (χ4n) is 2.92. The molecule has 0 bridgehead atoms. The van der Waals surface area contributed by atoms with Crippen LogP contribution in [0.1, 0.15) is 27.7 Å². The molecule has 1 saturated heterocycles. The minimum absolute atomic E-state index is 0.246. The molecule has 1 aliphatic heterocycles. The van der Waals surface area contributed by atoms with Gasteiger partial charge in [0.05, 0.1) is 0 Å². The van der Waals surface area contributed by atoms with Gasteiger partial charge in [0.25, 0.3) is 0 Å². The average Bonchev–Trinajstić information content (AvgIpc) is 2.64. The van der Waals surface area contributed by atoms with Crippen LogP contribution in [-0.2, 0) is 42.9 Å². The third-order valence-corrected chi connectivity index (χ3v) is 5.10. The summed E-state index contributed by atoms with van der Waals surface area (Å²) in [5.41, 5.74) is -0.826. The van der Waals surface area contributed by atoms with Gasteiger partial charge in [0, 0.05) is 32.6 Å². The number of hydrogen-bond donors (Lipinski definition) is 0. The fourth-order valence-corrected chi connectivity index (χ4v) is 4.04. The summed E-state index contributed by atoms with van der Waals surface area (Å²) in [5, 5.41) is 0. The lowest BCUT2D eigenvalue weighted by Crippen LogP contribution is -2.61. The lowest BCUT2D eigenvalue weighted by Gasteiger charge is -2.44. The highest BCUT2D eigenvalue weighted by molar-refractivity contribution is 7.99. The molecular weight excluding hydrogens is 416 g/mol. The largest absolute Gasteiger partial charge is 0.463 e. The summed E-state index contributed by atoms with van der Waals surface area (Å²) in [4.78, 5) is 47.3. The first-order chi connectivity index (χ1) is 14.2. The molecule has 0 amide bonds. The second-order valence-corrected chi connectivity index (χ2v) is 7.67. The SMILES string of the molecule is CC(=O)OCC1O[C@@H](Sc2ccccc2)C(OC(C)=O)[C@@H](OC(C)=O)[C@@H]1OC(C)=O. The van der Waals surface area contributed by atoms with Gasteiger partial charge in [-0.2, -0.15) is 0 Å². The highest BCUT2D eigenvalue weighted by atomic mass is 32.2. The quantitative estimate of drug-likeness (QED) is 0.460. The van der Waals surface area contributed by atoms with Gasteiger partial charge in [0.1, 0.15) is 18.1 Å². The molecule has 1 heterocycles. The Morgan fingerprint density at radius 3 is 1.87 bits per heavy atom. The maximum atomic E-state index is 11.8. The van der Waals surface area contributed by atoms with Crippen LogP contribution in [-0.4, -0.2) is 60.3 Å². The first-order valence-electron chi connectivity index (χ1n) is 9.19. The van der Waals surface area contributed by atoms with Gasteiger partial charge >= 0.3 is 23.9 Å². The molecular formula is C20H24O9S. The smallest absolute Gasteiger partial charge is 0.303 e. The van der Waals surface area contributed by atoms with Gasteiger partial charge in [0.15, 0.2) is 18.3 Å². The van der Waals surface area contributed by atoms with Crippen LogP contribution in [0.2, 0.25) is 0 Å². The standard InChI is InChI=1S/C20H24O9S/c1-11(21)25-10-16-17(26-12(2)22)18(27-13(3)23)19(28-14(4)24)20(29-16)30-15-8-6-5-7-9-15/h5-9,16-20H,10H2,1-4H3/t16?,17-,18+,19?,20+/m1/s1. The Bertz CT molecular complexity index is 767. The van der Waals surface area contributed by atoms with E-state index in [1.54, 1.807) is 0 Å². The summed E-state index contributed by atoms with van der Waals surface area (Å²) in [6, 6.07) is 9.16. The zero-order valence-electron chi connectivity index (χ0n) is 17.1. The summed E-state index contributed by atoms with van der Waals surface area (Å²) in [6.07, 6.45) is -4.33. The zero-order valence-corrected chi connectivity index (χ0v) is 17.9. The Morgan fingerprint density at radius 1 is 0.800 bits per heavy atom. The van der Waals surface area contributed by atoms with Gasteiger partial charge in [0.2, 0.25) is 0 Å². The maximum absolute atomic E-state index is 11.8. The Kier molecular flexibility index (Phi) is 8.67. The van der Waals surface area contributed by atoms with Crippen molar-refractivity contribution >= 4 is 35.6 Å². The highest BCUT2D eigenvalue weighted by Crippen LogP contribution is 2.37. The molecule has 1 fully saturated rings. The summed E-state index contributed by atoms with van der Waals surface area (Å²) in [5.74, 6) is -2.51. The van der Waals surface area contributed by atoms with E-state index in [4.69, 9.17) is 23.7 Å². The van der Waals surface area contributed by atoms with E-state index in [9.17, 15) is 19.2 Å². The second kappa shape index (κ2) is 11.0. The molecule has 0 N–H and O–H groups in total. The van der Waals surface area contributed by atoms with Crippen LogP contribution in [0.3, 0.4) is 0 Å². The molecule has 5 atom stereocenters. The minimum atomic E-state index is -1.16. The number of benzene rings is 1. The van der Waals surface area contributed by atoms with E-state index in [2.05, 4.69) is 0 Å². The number of ether oxygens (including phenoxy) is 5. The van der Waals surface area contributed by atoms with Crippen molar-refractivity contribution in [2.75, 3.05) is 6.61 Å². The van der Waals surface area contributed by atoms with Gasteiger partial charge < -0.3 is 23.7 Å². The molecule has 10 heteroatoms. The Labute approximate surface area is 178 Å². The van der Waals surface area contributed by atoms with Crippen LogP contribution < -0.4 is 0 Å². The number of carbonyl (C=O) groups is 4. The van der Waals surface area contributed by atoms with Crippen LogP contribution >= 0.6 is 11.8 Å². The van der Waals surface area contributed by atoms with Gasteiger partial charge in [-0.3, -0.25) is 19.2 Å². The first-order valence-corrected chi connectivity index (χ1v) is 10.1. The van der Waals surface area contributed by atoms with Crippen LogP contribution in [0, 0.1) is 0 Å². The second-order valence-electron chi connectivity index (χ2n) is 6.50. The molecule has 2 unspecified atom stereocenters. The van der Waals surface area contributed by atoms with E-state index in [-0.39, 0.29) is 6.61 Å². The van der Waals surface area contributed by atoms with E-state index < -0.39 is 53.7 Å². The van der Waals surface area contributed by atoms with E-state index in [1.807, 2.05) is 30.3 Å². The highest BCUT2D eigenvalue weighted by Gasteiger charge is 2.52.